The number of pyridine rings is 1. The molecular formula is C10H15N3O2. The number of rotatable bonds is 3. The van der Waals surface area contributed by atoms with E-state index in [2.05, 4.69) is 4.98 Å². The third-order valence-electron chi connectivity index (χ3n) is 2.12. The van der Waals surface area contributed by atoms with Crippen molar-refractivity contribution in [3.8, 4) is 0 Å². The molecule has 1 aromatic heterocycles. The Morgan fingerprint density at radius 1 is 1.67 bits per heavy atom. The van der Waals surface area contributed by atoms with Crippen LogP contribution in [0, 0.1) is 6.92 Å². The van der Waals surface area contributed by atoms with E-state index in [0.29, 0.717) is 23.5 Å². The zero-order chi connectivity index (χ0) is 11.4. The van der Waals surface area contributed by atoms with Crippen molar-refractivity contribution >= 4 is 11.6 Å². The lowest BCUT2D eigenvalue weighted by Gasteiger charge is -2.16. The molecule has 0 aromatic carbocycles. The normalized spacial score (nSPS) is 10.1. The van der Waals surface area contributed by atoms with Crippen LogP contribution in [-0.2, 0) is 0 Å². The van der Waals surface area contributed by atoms with Crippen molar-refractivity contribution in [2.24, 2.45) is 0 Å². The Morgan fingerprint density at radius 2 is 2.33 bits per heavy atom. The van der Waals surface area contributed by atoms with Gasteiger partial charge in [-0.2, -0.15) is 0 Å². The van der Waals surface area contributed by atoms with E-state index in [9.17, 15) is 4.79 Å². The molecule has 0 saturated carbocycles. The minimum absolute atomic E-state index is 0.0585. The molecule has 0 unspecified atom stereocenters. The lowest BCUT2D eigenvalue weighted by atomic mass is 10.1. The van der Waals surface area contributed by atoms with E-state index in [1.54, 1.807) is 20.0 Å². The van der Waals surface area contributed by atoms with Crippen molar-refractivity contribution in [2.75, 3.05) is 25.9 Å². The van der Waals surface area contributed by atoms with Crippen LogP contribution in [-0.4, -0.2) is 41.1 Å². The summed E-state index contributed by atoms with van der Waals surface area (Å²) in [6.45, 7) is 1.99. The van der Waals surface area contributed by atoms with Crippen LogP contribution < -0.4 is 5.73 Å². The van der Waals surface area contributed by atoms with Crippen LogP contribution in [0.2, 0.25) is 0 Å². The monoisotopic (exact) mass is 209 g/mol. The van der Waals surface area contributed by atoms with Gasteiger partial charge in [0.2, 0.25) is 0 Å². The molecule has 0 saturated heterocycles. The number of hydrogen-bond donors (Lipinski definition) is 2. The lowest BCUT2D eigenvalue weighted by molar-refractivity contribution is 0.0766. The summed E-state index contributed by atoms with van der Waals surface area (Å²) < 4.78 is 0. The van der Waals surface area contributed by atoms with Gasteiger partial charge in [0, 0.05) is 13.6 Å². The van der Waals surface area contributed by atoms with Crippen LogP contribution in [0.4, 0.5) is 5.69 Å². The molecule has 0 fully saturated rings. The fourth-order valence-corrected chi connectivity index (χ4v) is 1.22. The molecule has 15 heavy (non-hydrogen) atoms. The summed E-state index contributed by atoms with van der Waals surface area (Å²) in [5, 5.41) is 8.72. The summed E-state index contributed by atoms with van der Waals surface area (Å²) in [6, 6.07) is 1.60. The average molecular weight is 209 g/mol. The first kappa shape index (κ1) is 11.5. The molecule has 1 heterocycles. The van der Waals surface area contributed by atoms with Gasteiger partial charge in [-0.15, -0.1) is 0 Å². The Bertz CT molecular complexity index is 366. The number of carbonyl (C=O) groups is 1. The van der Waals surface area contributed by atoms with Gasteiger partial charge >= 0.3 is 0 Å². The highest BCUT2D eigenvalue weighted by Crippen LogP contribution is 2.11. The van der Waals surface area contributed by atoms with Crippen molar-refractivity contribution in [1.29, 1.82) is 0 Å². The highest BCUT2D eigenvalue weighted by Gasteiger charge is 2.14. The second kappa shape index (κ2) is 4.75. The maximum absolute atomic E-state index is 11.8. The standard InChI is InChI=1S/C10H15N3O2/c1-7-9(5-8(11)6-12-7)10(15)13(2)3-4-14/h5-6,14H,3-4,11H2,1-2H3. The molecule has 0 aliphatic heterocycles. The minimum atomic E-state index is -0.179. The molecule has 0 aliphatic carbocycles. The van der Waals surface area contributed by atoms with Crippen LogP contribution in [0.5, 0.6) is 0 Å². The molecule has 0 radical (unpaired) electrons. The summed E-state index contributed by atoms with van der Waals surface area (Å²) in [5.74, 6) is -0.179. The molecular weight excluding hydrogens is 194 g/mol. The Hall–Kier alpha value is -1.62. The van der Waals surface area contributed by atoms with Crippen LogP contribution in [0.25, 0.3) is 0 Å². The van der Waals surface area contributed by atoms with Crippen LogP contribution in [0.15, 0.2) is 12.3 Å². The van der Waals surface area contributed by atoms with Gasteiger partial charge in [0.15, 0.2) is 0 Å². The smallest absolute Gasteiger partial charge is 0.255 e. The van der Waals surface area contributed by atoms with Gasteiger partial charge in [-0.05, 0) is 13.0 Å². The highest BCUT2D eigenvalue weighted by molar-refractivity contribution is 5.95. The van der Waals surface area contributed by atoms with Crippen molar-refractivity contribution in [2.45, 2.75) is 6.92 Å². The topological polar surface area (TPSA) is 79.5 Å². The minimum Gasteiger partial charge on any atom is -0.397 e. The number of likely N-dealkylation sites (N-methyl/N-ethyl adjacent to an activating group) is 1. The summed E-state index contributed by atoms with van der Waals surface area (Å²) in [7, 11) is 1.63. The average Bonchev–Trinajstić information content (AvgIpc) is 2.21. The van der Waals surface area contributed by atoms with Gasteiger partial charge in [0.05, 0.1) is 29.7 Å². The van der Waals surface area contributed by atoms with E-state index >= 15 is 0 Å². The van der Waals surface area contributed by atoms with Gasteiger partial charge in [0.25, 0.3) is 5.91 Å². The Morgan fingerprint density at radius 3 is 2.93 bits per heavy atom. The van der Waals surface area contributed by atoms with E-state index in [1.165, 1.54) is 11.1 Å². The molecule has 0 atom stereocenters. The third-order valence-corrected chi connectivity index (χ3v) is 2.12. The van der Waals surface area contributed by atoms with E-state index in [-0.39, 0.29) is 12.5 Å². The fourth-order valence-electron chi connectivity index (χ4n) is 1.22. The van der Waals surface area contributed by atoms with Crippen molar-refractivity contribution < 1.29 is 9.90 Å². The van der Waals surface area contributed by atoms with Crippen molar-refractivity contribution in [1.82, 2.24) is 9.88 Å². The first-order valence-corrected chi connectivity index (χ1v) is 4.64. The predicted molar refractivity (Wildman–Crippen MR) is 57.4 cm³/mol. The molecule has 5 heteroatoms. The second-order valence-electron chi connectivity index (χ2n) is 3.35. The number of carbonyl (C=O) groups excluding carboxylic acids is 1. The van der Waals surface area contributed by atoms with Gasteiger partial charge in [-0.3, -0.25) is 9.78 Å². The quantitative estimate of drug-likeness (QED) is 0.736. The number of amides is 1. The largest absolute Gasteiger partial charge is 0.397 e. The number of nitrogen functional groups attached to an aromatic ring is 1. The van der Waals surface area contributed by atoms with Gasteiger partial charge in [-0.25, -0.2) is 0 Å². The number of aromatic nitrogens is 1. The summed E-state index contributed by atoms with van der Waals surface area (Å²) in [5.41, 5.74) is 7.13. The lowest BCUT2D eigenvalue weighted by Crippen LogP contribution is -2.30. The summed E-state index contributed by atoms with van der Waals surface area (Å²) in [4.78, 5) is 17.3. The summed E-state index contributed by atoms with van der Waals surface area (Å²) in [6.07, 6.45) is 1.51. The number of anilines is 1. The highest BCUT2D eigenvalue weighted by atomic mass is 16.3. The molecule has 3 N–H and O–H groups in total. The number of hydrogen-bond acceptors (Lipinski definition) is 4. The number of nitrogens with two attached hydrogens (primary N) is 1. The predicted octanol–water partition coefficient (Wildman–Crippen LogP) is 0.0365. The number of nitrogens with zero attached hydrogens (tertiary/aromatic N) is 2. The maximum atomic E-state index is 11.8. The SMILES string of the molecule is Cc1ncc(N)cc1C(=O)N(C)CCO. The first-order valence-electron chi connectivity index (χ1n) is 4.64. The second-order valence-corrected chi connectivity index (χ2v) is 3.35. The zero-order valence-electron chi connectivity index (χ0n) is 8.90. The van der Waals surface area contributed by atoms with Crippen LogP contribution in [0.1, 0.15) is 16.1 Å². The fraction of sp³-hybridized carbons (Fsp3) is 0.400. The summed E-state index contributed by atoms with van der Waals surface area (Å²) >= 11 is 0. The number of aliphatic hydroxyl groups is 1. The molecule has 1 rings (SSSR count). The van der Waals surface area contributed by atoms with Gasteiger partial charge in [-0.1, -0.05) is 0 Å². The maximum Gasteiger partial charge on any atom is 0.255 e. The van der Waals surface area contributed by atoms with Gasteiger partial charge in [0.1, 0.15) is 0 Å². The van der Waals surface area contributed by atoms with Gasteiger partial charge < -0.3 is 15.7 Å². The van der Waals surface area contributed by atoms with E-state index in [1.807, 2.05) is 0 Å². The Labute approximate surface area is 88.5 Å². The zero-order valence-corrected chi connectivity index (χ0v) is 8.90. The number of aryl methyl sites for hydroxylation is 1. The molecule has 82 valence electrons. The molecule has 1 aromatic rings. The Balaban J connectivity index is 2.95. The molecule has 0 spiro atoms. The van der Waals surface area contributed by atoms with Crippen molar-refractivity contribution in [3.05, 3.63) is 23.5 Å². The Kier molecular flexibility index (Phi) is 3.62. The first-order chi connectivity index (χ1) is 7.06. The van der Waals surface area contributed by atoms with Crippen LogP contribution >= 0.6 is 0 Å². The number of aliphatic hydroxyl groups excluding tert-OH is 1. The van der Waals surface area contributed by atoms with E-state index < -0.39 is 0 Å². The van der Waals surface area contributed by atoms with Crippen LogP contribution in [0.3, 0.4) is 0 Å². The third kappa shape index (κ3) is 2.66. The molecule has 0 bridgehead atoms. The van der Waals surface area contributed by atoms with E-state index in [4.69, 9.17) is 10.8 Å². The molecule has 0 aliphatic rings. The van der Waals surface area contributed by atoms with E-state index in [0.717, 1.165) is 0 Å². The molecule has 1 amide bonds. The molecule has 5 nitrogen and oxygen atoms in total. The van der Waals surface area contributed by atoms with Crippen molar-refractivity contribution in [3.63, 3.8) is 0 Å².